The normalized spacial score (nSPS) is 11.5. The molecule has 0 bridgehead atoms. The van der Waals surface area contributed by atoms with Gasteiger partial charge in [0.2, 0.25) is 5.91 Å². The van der Waals surface area contributed by atoms with Crippen LogP contribution in [-0.4, -0.2) is 22.5 Å². The van der Waals surface area contributed by atoms with Crippen LogP contribution < -0.4 is 5.32 Å². The molecule has 0 aromatic carbocycles. The Bertz CT molecular complexity index is 411. The molecule has 84 valence electrons. The summed E-state index contributed by atoms with van der Waals surface area (Å²) in [7, 11) is 1.62. The summed E-state index contributed by atoms with van der Waals surface area (Å²) in [6.45, 7) is 6.54. The van der Waals surface area contributed by atoms with Crippen LogP contribution in [-0.2, 0) is 16.8 Å². The molecular weight excluding hydrogens is 210 g/mol. The van der Waals surface area contributed by atoms with E-state index in [9.17, 15) is 4.79 Å². The largest absolute Gasteiger partial charge is 0.358 e. The van der Waals surface area contributed by atoms with Crippen LogP contribution in [0.15, 0.2) is 6.20 Å². The SMILES string of the molecule is CNC(=O)Cn1c(C(C)(C)C)c[nH]c1=S. The van der Waals surface area contributed by atoms with Crippen molar-refractivity contribution >= 4 is 18.1 Å². The van der Waals surface area contributed by atoms with E-state index in [2.05, 4.69) is 31.1 Å². The van der Waals surface area contributed by atoms with Crippen LogP contribution in [0.2, 0.25) is 0 Å². The molecule has 1 rings (SSSR count). The zero-order valence-electron chi connectivity index (χ0n) is 9.55. The quantitative estimate of drug-likeness (QED) is 0.754. The predicted molar refractivity (Wildman–Crippen MR) is 62.4 cm³/mol. The monoisotopic (exact) mass is 227 g/mol. The molecule has 5 heteroatoms. The van der Waals surface area contributed by atoms with E-state index in [0.717, 1.165) is 5.69 Å². The van der Waals surface area contributed by atoms with E-state index >= 15 is 0 Å². The van der Waals surface area contributed by atoms with E-state index in [1.807, 2.05) is 10.8 Å². The van der Waals surface area contributed by atoms with Crippen LogP contribution in [0.1, 0.15) is 26.5 Å². The van der Waals surface area contributed by atoms with Crippen molar-refractivity contribution in [2.24, 2.45) is 0 Å². The number of carbonyl (C=O) groups is 1. The van der Waals surface area contributed by atoms with Gasteiger partial charge in [0.1, 0.15) is 6.54 Å². The highest BCUT2D eigenvalue weighted by Gasteiger charge is 2.20. The smallest absolute Gasteiger partial charge is 0.239 e. The number of hydrogen-bond donors (Lipinski definition) is 2. The summed E-state index contributed by atoms with van der Waals surface area (Å²) in [5.74, 6) is -0.0452. The van der Waals surface area contributed by atoms with Gasteiger partial charge >= 0.3 is 0 Å². The molecule has 0 fully saturated rings. The van der Waals surface area contributed by atoms with Gasteiger partial charge < -0.3 is 14.9 Å². The molecule has 0 aliphatic carbocycles. The molecule has 0 aliphatic heterocycles. The van der Waals surface area contributed by atoms with E-state index in [1.54, 1.807) is 7.05 Å². The fraction of sp³-hybridized carbons (Fsp3) is 0.600. The predicted octanol–water partition coefficient (Wildman–Crippen LogP) is 1.59. The van der Waals surface area contributed by atoms with Gasteiger partial charge in [-0.2, -0.15) is 0 Å². The second-order valence-corrected chi connectivity index (χ2v) is 4.88. The van der Waals surface area contributed by atoms with E-state index < -0.39 is 0 Å². The molecule has 0 spiro atoms. The number of aromatic amines is 1. The molecular formula is C10H17N3OS. The van der Waals surface area contributed by atoms with Gasteiger partial charge in [-0.25, -0.2) is 0 Å². The second-order valence-electron chi connectivity index (χ2n) is 4.49. The summed E-state index contributed by atoms with van der Waals surface area (Å²) >= 11 is 5.14. The number of H-pyrrole nitrogens is 1. The lowest BCUT2D eigenvalue weighted by atomic mass is 9.92. The summed E-state index contributed by atoms with van der Waals surface area (Å²) in [6, 6.07) is 0. The van der Waals surface area contributed by atoms with Crippen molar-refractivity contribution in [2.45, 2.75) is 32.7 Å². The highest BCUT2D eigenvalue weighted by atomic mass is 32.1. The van der Waals surface area contributed by atoms with Crippen molar-refractivity contribution in [3.05, 3.63) is 16.7 Å². The lowest BCUT2D eigenvalue weighted by molar-refractivity contribution is -0.121. The van der Waals surface area contributed by atoms with Crippen LogP contribution in [0.3, 0.4) is 0 Å². The van der Waals surface area contributed by atoms with Crippen LogP contribution in [0, 0.1) is 4.77 Å². The Balaban J connectivity index is 3.11. The lowest BCUT2D eigenvalue weighted by Gasteiger charge is -2.20. The first-order chi connectivity index (χ1) is 6.86. The van der Waals surface area contributed by atoms with Gasteiger partial charge in [0.25, 0.3) is 0 Å². The third-order valence-electron chi connectivity index (χ3n) is 2.22. The standard InChI is InChI=1S/C10H17N3OS/c1-10(2,3)7-5-12-9(15)13(7)6-8(14)11-4/h5H,6H2,1-4H3,(H,11,14)(H,12,15). The number of amides is 1. The first-order valence-electron chi connectivity index (χ1n) is 4.85. The molecule has 0 saturated heterocycles. The minimum atomic E-state index is -0.0452. The van der Waals surface area contributed by atoms with Crippen LogP contribution in [0.25, 0.3) is 0 Å². The highest BCUT2D eigenvalue weighted by Crippen LogP contribution is 2.21. The molecule has 1 aromatic heterocycles. The summed E-state index contributed by atoms with van der Waals surface area (Å²) < 4.78 is 2.41. The highest BCUT2D eigenvalue weighted by molar-refractivity contribution is 7.71. The minimum Gasteiger partial charge on any atom is -0.358 e. The number of nitrogens with one attached hydrogen (secondary N) is 2. The molecule has 4 nitrogen and oxygen atoms in total. The molecule has 1 heterocycles. The zero-order chi connectivity index (χ0) is 11.6. The van der Waals surface area contributed by atoms with Crippen molar-refractivity contribution in [1.29, 1.82) is 0 Å². The van der Waals surface area contributed by atoms with Gasteiger partial charge in [0, 0.05) is 24.4 Å². The van der Waals surface area contributed by atoms with Gasteiger partial charge in [0.05, 0.1) is 0 Å². The van der Waals surface area contributed by atoms with Crippen molar-refractivity contribution in [2.75, 3.05) is 7.05 Å². The number of imidazole rings is 1. The zero-order valence-corrected chi connectivity index (χ0v) is 10.4. The van der Waals surface area contributed by atoms with E-state index in [4.69, 9.17) is 12.2 Å². The van der Waals surface area contributed by atoms with Gasteiger partial charge in [-0.15, -0.1) is 0 Å². The second kappa shape index (κ2) is 4.18. The molecule has 1 aromatic rings. The van der Waals surface area contributed by atoms with Gasteiger partial charge in [-0.3, -0.25) is 4.79 Å². The average Bonchev–Trinajstić information content (AvgIpc) is 2.47. The Morgan fingerprint density at radius 1 is 1.60 bits per heavy atom. The fourth-order valence-corrected chi connectivity index (χ4v) is 1.62. The van der Waals surface area contributed by atoms with Gasteiger partial charge in [-0.05, 0) is 12.2 Å². The third-order valence-corrected chi connectivity index (χ3v) is 2.56. The Hall–Kier alpha value is -1.10. The van der Waals surface area contributed by atoms with Crippen molar-refractivity contribution < 1.29 is 4.79 Å². The average molecular weight is 227 g/mol. The van der Waals surface area contributed by atoms with Crippen molar-refractivity contribution in [3.63, 3.8) is 0 Å². The lowest BCUT2D eigenvalue weighted by Crippen LogP contribution is -2.27. The molecule has 1 amide bonds. The van der Waals surface area contributed by atoms with Crippen LogP contribution in [0.4, 0.5) is 0 Å². The van der Waals surface area contributed by atoms with E-state index in [0.29, 0.717) is 4.77 Å². The van der Waals surface area contributed by atoms with Gasteiger partial charge in [-0.1, -0.05) is 20.8 Å². The maximum absolute atomic E-state index is 11.3. The number of hydrogen-bond acceptors (Lipinski definition) is 2. The molecule has 0 atom stereocenters. The first-order valence-corrected chi connectivity index (χ1v) is 5.26. The summed E-state index contributed by atoms with van der Waals surface area (Å²) in [6.07, 6.45) is 1.87. The molecule has 2 N–H and O–H groups in total. The number of nitrogens with zero attached hydrogens (tertiary/aromatic N) is 1. The van der Waals surface area contributed by atoms with E-state index in [-0.39, 0.29) is 17.9 Å². The minimum absolute atomic E-state index is 0.0262. The maximum Gasteiger partial charge on any atom is 0.239 e. The van der Waals surface area contributed by atoms with Crippen LogP contribution in [0.5, 0.6) is 0 Å². The Labute approximate surface area is 94.7 Å². The molecule has 15 heavy (non-hydrogen) atoms. The number of aromatic nitrogens is 2. The van der Waals surface area contributed by atoms with E-state index in [1.165, 1.54) is 0 Å². The molecule has 0 saturated carbocycles. The first kappa shape index (κ1) is 12.0. The Morgan fingerprint density at radius 2 is 2.20 bits per heavy atom. The fourth-order valence-electron chi connectivity index (χ4n) is 1.40. The third kappa shape index (κ3) is 2.68. The molecule has 0 unspecified atom stereocenters. The van der Waals surface area contributed by atoms with Crippen molar-refractivity contribution in [1.82, 2.24) is 14.9 Å². The molecule has 0 radical (unpaired) electrons. The number of carbonyl (C=O) groups excluding carboxylic acids is 1. The Kier molecular flexibility index (Phi) is 3.34. The van der Waals surface area contributed by atoms with Crippen molar-refractivity contribution in [3.8, 4) is 0 Å². The van der Waals surface area contributed by atoms with Crippen LogP contribution >= 0.6 is 12.2 Å². The summed E-state index contributed by atoms with van der Waals surface area (Å²) in [5, 5.41) is 2.59. The summed E-state index contributed by atoms with van der Waals surface area (Å²) in [5.41, 5.74) is 1.01. The molecule has 0 aliphatic rings. The number of rotatable bonds is 2. The Morgan fingerprint density at radius 3 is 2.67 bits per heavy atom. The maximum atomic E-state index is 11.3. The number of likely N-dealkylation sites (N-methyl/N-ethyl adjacent to an activating group) is 1. The summed E-state index contributed by atoms with van der Waals surface area (Å²) in [4.78, 5) is 14.3. The topological polar surface area (TPSA) is 49.8 Å². The van der Waals surface area contributed by atoms with Gasteiger partial charge in [0.15, 0.2) is 4.77 Å².